The van der Waals surface area contributed by atoms with Crippen molar-refractivity contribution in [1.82, 2.24) is 9.55 Å². The normalized spacial score (nSPS) is 22.9. The Balaban J connectivity index is 1.88. The fourth-order valence-corrected chi connectivity index (χ4v) is 7.52. The predicted octanol–water partition coefficient (Wildman–Crippen LogP) is 0.986. The molecular weight excluding hydrogens is 695 g/mol. The second-order valence-electron chi connectivity index (χ2n) is 10.5. The van der Waals surface area contributed by atoms with E-state index in [1.807, 2.05) is 0 Å². The molecule has 260 valence electrons. The lowest BCUT2D eigenvalue weighted by molar-refractivity contribution is -0.386. The molecule has 1 aromatic heterocycles. The van der Waals surface area contributed by atoms with E-state index in [0.29, 0.717) is 5.56 Å². The van der Waals surface area contributed by atoms with Crippen LogP contribution in [-0.4, -0.2) is 64.5 Å². The zero-order valence-corrected chi connectivity index (χ0v) is 27.5. The maximum atomic E-state index is 12.9. The number of nitrogen functional groups attached to an aromatic ring is 1. The number of hydrogen-bond donors (Lipinski definition) is 7. The highest BCUT2D eigenvalue weighted by Crippen LogP contribution is 2.66. The SMILES string of the molecule is CC(C)[C@@H](Oc1cn([C@@]2(C)C[C@H](O)[C@@H](COP(=O)(O)OP(=O)(O)OP(=O)(O)O)O2)c(=O)nc1N)c1ccc(C#CCN)cc1[N+](=O)[O-]. The number of ether oxygens (including phenoxy) is 2. The first-order chi connectivity index (χ1) is 21.6. The van der Waals surface area contributed by atoms with Crippen LogP contribution in [0.15, 0.2) is 29.2 Å². The van der Waals surface area contributed by atoms with Crippen LogP contribution in [0.1, 0.15) is 44.4 Å². The average Bonchev–Trinajstić information content (AvgIpc) is 3.21. The van der Waals surface area contributed by atoms with Crippen LogP contribution in [0, 0.1) is 27.9 Å². The average molecular weight is 727 g/mol. The molecule has 0 aliphatic carbocycles. The van der Waals surface area contributed by atoms with Gasteiger partial charge in [0.15, 0.2) is 11.6 Å². The van der Waals surface area contributed by atoms with Crippen LogP contribution < -0.4 is 21.9 Å². The minimum absolute atomic E-state index is 0.0451. The molecule has 2 aromatic rings. The van der Waals surface area contributed by atoms with E-state index in [0.717, 1.165) is 10.8 Å². The van der Waals surface area contributed by atoms with Gasteiger partial charge in [-0.25, -0.2) is 18.5 Å². The van der Waals surface area contributed by atoms with Gasteiger partial charge in [0.1, 0.15) is 17.9 Å². The van der Waals surface area contributed by atoms with Crippen molar-refractivity contribution in [3.8, 4) is 17.6 Å². The van der Waals surface area contributed by atoms with Gasteiger partial charge in [-0.1, -0.05) is 25.7 Å². The number of phosphoric acid groups is 3. The Kier molecular flexibility index (Phi) is 11.9. The Hall–Kier alpha value is -3.05. The van der Waals surface area contributed by atoms with Gasteiger partial charge < -0.3 is 45.6 Å². The minimum atomic E-state index is -5.79. The van der Waals surface area contributed by atoms with Gasteiger partial charge in [0.25, 0.3) is 5.69 Å². The molecule has 1 fully saturated rings. The molecule has 1 aliphatic heterocycles. The number of aliphatic hydroxyl groups excluding tert-OH is 1. The second-order valence-corrected chi connectivity index (χ2v) is 14.9. The molecule has 1 aliphatic rings. The van der Waals surface area contributed by atoms with Crippen molar-refractivity contribution in [3.63, 3.8) is 0 Å². The van der Waals surface area contributed by atoms with Gasteiger partial charge in [0.2, 0.25) is 0 Å². The largest absolute Gasteiger partial charge is 0.490 e. The molecule has 2 heterocycles. The number of benzene rings is 1. The molecule has 1 aromatic carbocycles. The summed E-state index contributed by atoms with van der Waals surface area (Å²) in [5.74, 6) is 4.37. The maximum Gasteiger partial charge on any atom is 0.490 e. The molecule has 6 atom stereocenters. The predicted molar refractivity (Wildman–Crippen MR) is 159 cm³/mol. The molecule has 0 saturated carbocycles. The molecule has 24 heteroatoms. The summed E-state index contributed by atoms with van der Waals surface area (Å²) in [4.78, 5) is 64.3. The monoisotopic (exact) mass is 727 g/mol. The third-order valence-corrected chi connectivity index (χ3v) is 10.2. The summed E-state index contributed by atoms with van der Waals surface area (Å²) in [6.45, 7) is 3.82. The Morgan fingerprint density at radius 2 is 1.87 bits per heavy atom. The molecule has 0 bridgehead atoms. The van der Waals surface area contributed by atoms with E-state index in [4.69, 9.17) is 30.7 Å². The summed E-state index contributed by atoms with van der Waals surface area (Å²) >= 11 is 0. The van der Waals surface area contributed by atoms with Crippen LogP contribution >= 0.6 is 23.5 Å². The van der Waals surface area contributed by atoms with Gasteiger partial charge in [-0.05, 0) is 25.0 Å². The van der Waals surface area contributed by atoms with Crippen molar-refractivity contribution >= 4 is 35.0 Å². The standard InChI is InChI=1S/C23H32N5O16P3/c1-13(2)20(15-7-6-14(5-4-8-24)9-16(15)28(31)32)41-18-11-27(22(30)26-21(18)25)23(3)10-17(29)19(42-23)12-40-46(36,37)44-47(38,39)43-45(33,34)35/h6-7,9,11,13,17,19-20,29H,8,10,12,24H2,1-3H3,(H,36,37)(H,38,39)(H2,25,26,30)(H2,33,34,35)/t17-,19+,20+,23+/m0/s1. The fraction of sp³-hybridized carbons (Fsp3) is 0.478. The summed E-state index contributed by atoms with van der Waals surface area (Å²) in [5.41, 5.74) is 8.84. The van der Waals surface area contributed by atoms with Gasteiger partial charge in [0, 0.05) is 18.1 Å². The van der Waals surface area contributed by atoms with E-state index in [2.05, 4.69) is 30.0 Å². The first-order valence-corrected chi connectivity index (χ1v) is 17.8. The number of aliphatic hydroxyl groups is 1. The molecule has 0 radical (unpaired) electrons. The van der Waals surface area contributed by atoms with E-state index < -0.39 is 70.6 Å². The van der Waals surface area contributed by atoms with Crippen LogP contribution in [0.3, 0.4) is 0 Å². The lowest BCUT2D eigenvalue weighted by Crippen LogP contribution is -2.40. The van der Waals surface area contributed by atoms with Gasteiger partial charge >= 0.3 is 29.2 Å². The number of phosphoric ester groups is 1. The Labute approximate surface area is 266 Å². The second kappa shape index (κ2) is 14.6. The van der Waals surface area contributed by atoms with Crippen molar-refractivity contribution < 1.29 is 65.9 Å². The third kappa shape index (κ3) is 10.2. The van der Waals surface area contributed by atoms with Gasteiger partial charge in [-0.15, -0.1) is 0 Å². The number of hydrogen-bond acceptors (Lipinski definition) is 15. The Morgan fingerprint density at radius 1 is 1.21 bits per heavy atom. The summed E-state index contributed by atoms with van der Waals surface area (Å²) in [6, 6.07) is 4.27. The van der Waals surface area contributed by atoms with Crippen LogP contribution in [0.5, 0.6) is 5.75 Å². The topological polar surface area (TPSA) is 329 Å². The van der Waals surface area contributed by atoms with Gasteiger partial charge in [-0.3, -0.25) is 19.2 Å². The van der Waals surface area contributed by atoms with Gasteiger partial charge in [-0.2, -0.15) is 13.6 Å². The first-order valence-electron chi connectivity index (χ1n) is 13.2. The maximum absolute atomic E-state index is 12.9. The molecule has 9 N–H and O–H groups in total. The molecule has 47 heavy (non-hydrogen) atoms. The number of aromatic nitrogens is 2. The lowest BCUT2D eigenvalue weighted by Gasteiger charge is -2.29. The van der Waals surface area contributed by atoms with Crippen molar-refractivity contribution in [3.05, 3.63) is 56.1 Å². The molecule has 0 amide bonds. The summed E-state index contributed by atoms with van der Waals surface area (Å²) in [6.07, 6.45) is -3.22. The summed E-state index contributed by atoms with van der Waals surface area (Å²) in [7, 11) is -17.0. The van der Waals surface area contributed by atoms with Crippen LogP contribution in [0.25, 0.3) is 0 Å². The van der Waals surface area contributed by atoms with E-state index in [-0.39, 0.29) is 35.8 Å². The van der Waals surface area contributed by atoms with Crippen LogP contribution in [0.2, 0.25) is 0 Å². The smallest absolute Gasteiger partial charge is 0.480 e. The number of nitro groups is 1. The van der Waals surface area contributed by atoms with Crippen LogP contribution in [0.4, 0.5) is 11.5 Å². The van der Waals surface area contributed by atoms with Crippen molar-refractivity contribution in [2.45, 2.75) is 51.2 Å². The fourth-order valence-electron chi connectivity index (χ4n) is 4.49. The first kappa shape index (κ1) is 38.4. The third-order valence-electron chi connectivity index (χ3n) is 6.40. The molecule has 1 saturated heterocycles. The Bertz CT molecular complexity index is 1770. The van der Waals surface area contributed by atoms with Crippen LogP contribution in [-0.2, 0) is 37.3 Å². The van der Waals surface area contributed by atoms with E-state index in [1.54, 1.807) is 19.9 Å². The number of nitrogens with two attached hydrogens (primary N) is 2. The number of rotatable bonds is 13. The highest BCUT2D eigenvalue weighted by atomic mass is 31.3. The highest BCUT2D eigenvalue weighted by molar-refractivity contribution is 7.66. The highest BCUT2D eigenvalue weighted by Gasteiger charge is 2.47. The zero-order chi connectivity index (χ0) is 35.5. The van der Waals surface area contributed by atoms with E-state index in [1.165, 1.54) is 19.1 Å². The van der Waals surface area contributed by atoms with E-state index >= 15 is 0 Å². The number of anilines is 1. The summed E-state index contributed by atoms with van der Waals surface area (Å²) in [5, 5.41) is 22.5. The molecular formula is C23H32N5O16P3. The molecule has 2 unspecified atom stereocenters. The Morgan fingerprint density at radius 3 is 2.45 bits per heavy atom. The lowest BCUT2D eigenvalue weighted by atomic mass is 9.96. The molecule has 21 nitrogen and oxygen atoms in total. The van der Waals surface area contributed by atoms with E-state index in [9.17, 15) is 43.5 Å². The van der Waals surface area contributed by atoms with Crippen molar-refractivity contribution in [1.29, 1.82) is 0 Å². The molecule has 3 rings (SSSR count). The summed E-state index contributed by atoms with van der Waals surface area (Å²) < 4.78 is 59.0. The van der Waals surface area contributed by atoms with Gasteiger partial charge in [0.05, 0.1) is 35.9 Å². The number of nitro benzene ring substituents is 1. The molecule has 0 spiro atoms. The zero-order valence-electron chi connectivity index (χ0n) is 24.8. The van der Waals surface area contributed by atoms with Crippen molar-refractivity contribution in [2.24, 2.45) is 11.7 Å². The minimum Gasteiger partial charge on any atom is -0.480 e. The number of nitrogens with zero attached hydrogens (tertiary/aromatic N) is 3. The van der Waals surface area contributed by atoms with Crippen molar-refractivity contribution in [2.75, 3.05) is 18.9 Å². The quantitative estimate of drug-likeness (QED) is 0.0654.